The van der Waals surface area contributed by atoms with Crippen molar-refractivity contribution >= 4 is 33.4 Å². The number of hydrogen-bond acceptors (Lipinski definition) is 1. The predicted molar refractivity (Wildman–Crippen MR) is 81.9 cm³/mol. The number of benzene rings is 2. The highest BCUT2D eigenvalue weighted by Crippen LogP contribution is 2.22. The topological polar surface area (TPSA) is 29.1 Å². The van der Waals surface area contributed by atoms with E-state index >= 15 is 0 Å². The molecule has 1 unspecified atom stereocenters. The minimum absolute atomic E-state index is 0.00636. The van der Waals surface area contributed by atoms with Gasteiger partial charge < -0.3 is 5.32 Å². The Kier molecular flexibility index (Phi) is 5.15. The van der Waals surface area contributed by atoms with Gasteiger partial charge in [0.05, 0.1) is 15.4 Å². The average Bonchev–Trinajstić information content (AvgIpc) is 2.45. The van der Waals surface area contributed by atoms with E-state index in [0.717, 1.165) is 11.6 Å². The van der Waals surface area contributed by atoms with Crippen LogP contribution in [0.3, 0.4) is 0 Å². The molecule has 1 atom stereocenters. The zero-order chi connectivity index (χ0) is 14.5. The fraction of sp³-hybridized carbons (Fsp3) is 0.133. The molecule has 2 nitrogen and oxygen atoms in total. The minimum atomic E-state index is -0.464. The van der Waals surface area contributed by atoms with Crippen molar-refractivity contribution in [3.63, 3.8) is 0 Å². The van der Waals surface area contributed by atoms with E-state index in [2.05, 4.69) is 21.2 Å². The second-order valence-corrected chi connectivity index (χ2v) is 5.72. The molecule has 1 amide bonds. The van der Waals surface area contributed by atoms with Crippen molar-refractivity contribution in [2.24, 2.45) is 0 Å². The molecule has 104 valence electrons. The summed E-state index contributed by atoms with van der Waals surface area (Å²) in [6.45, 7) is 0.413. The summed E-state index contributed by atoms with van der Waals surface area (Å²) in [5.74, 6) is -0.787. The maximum Gasteiger partial charge on any atom is 0.252 e. The standard InChI is InChI=1S/C15H12BrClFNO/c16-13(10-4-2-1-3-5-10)9-19-15(20)12-7-6-11(18)8-14(12)17/h1-8,13H,9H2,(H,19,20). The van der Waals surface area contributed by atoms with E-state index in [-0.39, 0.29) is 21.3 Å². The van der Waals surface area contributed by atoms with Crippen molar-refractivity contribution in [2.75, 3.05) is 6.54 Å². The molecule has 0 radical (unpaired) electrons. The van der Waals surface area contributed by atoms with Crippen LogP contribution >= 0.6 is 27.5 Å². The summed E-state index contributed by atoms with van der Waals surface area (Å²) in [5, 5.41) is 2.87. The SMILES string of the molecule is O=C(NCC(Br)c1ccccc1)c1ccc(F)cc1Cl. The summed E-state index contributed by atoms with van der Waals surface area (Å²) in [6, 6.07) is 13.4. The summed E-state index contributed by atoms with van der Waals surface area (Å²) in [6.07, 6.45) is 0. The Morgan fingerprint density at radius 2 is 1.95 bits per heavy atom. The van der Waals surface area contributed by atoms with Gasteiger partial charge in [0.2, 0.25) is 0 Å². The van der Waals surface area contributed by atoms with E-state index in [1.807, 2.05) is 30.3 Å². The molecule has 0 saturated carbocycles. The highest BCUT2D eigenvalue weighted by Gasteiger charge is 2.13. The van der Waals surface area contributed by atoms with Gasteiger partial charge in [-0.2, -0.15) is 0 Å². The normalized spacial score (nSPS) is 11.9. The van der Waals surface area contributed by atoms with Gasteiger partial charge >= 0.3 is 0 Å². The molecule has 1 N–H and O–H groups in total. The maximum atomic E-state index is 12.9. The van der Waals surface area contributed by atoms with E-state index in [1.54, 1.807) is 0 Å². The number of hydrogen-bond donors (Lipinski definition) is 1. The van der Waals surface area contributed by atoms with E-state index in [1.165, 1.54) is 12.1 Å². The van der Waals surface area contributed by atoms with Crippen LogP contribution in [0.2, 0.25) is 5.02 Å². The molecule has 0 spiro atoms. The second kappa shape index (κ2) is 6.86. The zero-order valence-electron chi connectivity index (χ0n) is 10.4. The van der Waals surface area contributed by atoms with Crippen LogP contribution in [0.4, 0.5) is 4.39 Å². The second-order valence-electron chi connectivity index (χ2n) is 4.21. The first-order valence-corrected chi connectivity index (χ1v) is 7.29. The lowest BCUT2D eigenvalue weighted by Crippen LogP contribution is -2.27. The van der Waals surface area contributed by atoms with Crippen LogP contribution in [-0.2, 0) is 0 Å². The number of carbonyl (C=O) groups is 1. The van der Waals surface area contributed by atoms with Gasteiger partial charge in [-0.15, -0.1) is 0 Å². The quantitative estimate of drug-likeness (QED) is 0.811. The van der Waals surface area contributed by atoms with E-state index in [9.17, 15) is 9.18 Å². The van der Waals surface area contributed by atoms with Crippen LogP contribution < -0.4 is 5.32 Å². The summed E-state index contributed by atoms with van der Waals surface area (Å²) < 4.78 is 12.9. The molecule has 2 rings (SSSR count). The fourth-order valence-electron chi connectivity index (χ4n) is 1.73. The molecule has 0 fully saturated rings. The third-order valence-electron chi connectivity index (χ3n) is 2.78. The highest BCUT2D eigenvalue weighted by molar-refractivity contribution is 9.09. The molecule has 0 aliphatic heterocycles. The van der Waals surface area contributed by atoms with Crippen molar-refractivity contribution < 1.29 is 9.18 Å². The van der Waals surface area contributed by atoms with Crippen LogP contribution in [0.25, 0.3) is 0 Å². The van der Waals surface area contributed by atoms with Gasteiger partial charge in [-0.25, -0.2) is 4.39 Å². The number of halogens is 3. The first-order chi connectivity index (χ1) is 9.58. The maximum absolute atomic E-state index is 12.9. The molecule has 2 aromatic rings. The summed E-state index contributed by atoms with van der Waals surface area (Å²) in [5.41, 5.74) is 1.33. The Bertz CT molecular complexity index is 606. The Hall–Kier alpha value is -1.39. The van der Waals surface area contributed by atoms with E-state index < -0.39 is 5.82 Å². The first-order valence-electron chi connectivity index (χ1n) is 6.00. The summed E-state index contributed by atoms with van der Waals surface area (Å²) in [7, 11) is 0. The number of carbonyl (C=O) groups excluding carboxylic acids is 1. The van der Waals surface area contributed by atoms with Crippen LogP contribution in [-0.4, -0.2) is 12.5 Å². The summed E-state index contributed by atoms with van der Waals surface area (Å²) in [4.78, 5) is 12.0. The Morgan fingerprint density at radius 3 is 2.60 bits per heavy atom. The lowest BCUT2D eigenvalue weighted by molar-refractivity contribution is 0.0954. The Morgan fingerprint density at radius 1 is 1.25 bits per heavy atom. The van der Waals surface area contributed by atoms with Crippen molar-refractivity contribution in [3.8, 4) is 0 Å². The molecular weight excluding hydrogens is 345 g/mol. The fourth-order valence-corrected chi connectivity index (χ4v) is 2.45. The largest absolute Gasteiger partial charge is 0.351 e. The molecule has 0 aromatic heterocycles. The molecule has 0 aliphatic rings. The van der Waals surface area contributed by atoms with Crippen LogP contribution in [0.1, 0.15) is 20.7 Å². The average molecular weight is 357 g/mol. The van der Waals surface area contributed by atoms with Crippen LogP contribution in [0, 0.1) is 5.82 Å². The third kappa shape index (κ3) is 3.81. The number of rotatable bonds is 4. The van der Waals surface area contributed by atoms with E-state index in [4.69, 9.17) is 11.6 Å². The van der Waals surface area contributed by atoms with E-state index in [0.29, 0.717) is 6.54 Å². The smallest absolute Gasteiger partial charge is 0.252 e. The Balaban J connectivity index is 1.99. The van der Waals surface area contributed by atoms with Gasteiger partial charge in [0.25, 0.3) is 5.91 Å². The lowest BCUT2D eigenvalue weighted by atomic mass is 10.1. The molecule has 5 heteroatoms. The molecule has 2 aromatic carbocycles. The molecule has 0 saturated heterocycles. The predicted octanol–water partition coefficient (Wildman–Crippen LogP) is 4.35. The highest BCUT2D eigenvalue weighted by atomic mass is 79.9. The lowest BCUT2D eigenvalue weighted by Gasteiger charge is -2.12. The van der Waals surface area contributed by atoms with Gasteiger partial charge in [-0.05, 0) is 23.8 Å². The van der Waals surface area contributed by atoms with Crippen molar-refractivity contribution in [1.29, 1.82) is 0 Å². The zero-order valence-corrected chi connectivity index (χ0v) is 12.8. The van der Waals surface area contributed by atoms with Crippen molar-refractivity contribution in [2.45, 2.75) is 4.83 Å². The van der Waals surface area contributed by atoms with Gasteiger partial charge in [0.1, 0.15) is 5.82 Å². The number of alkyl halides is 1. The molecule has 0 heterocycles. The molecular formula is C15H12BrClFNO. The van der Waals surface area contributed by atoms with Crippen LogP contribution in [0.15, 0.2) is 48.5 Å². The van der Waals surface area contributed by atoms with Crippen molar-refractivity contribution in [3.05, 3.63) is 70.5 Å². The third-order valence-corrected chi connectivity index (χ3v) is 3.94. The summed E-state index contributed by atoms with van der Waals surface area (Å²) >= 11 is 9.35. The van der Waals surface area contributed by atoms with Crippen LogP contribution in [0.5, 0.6) is 0 Å². The minimum Gasteiger partial charge on any atom is -0.351 e. The Labute approximate surface area is 130 Å². The van der Waals surface area contributed by atoms with Gasteiger partial charge in [0.15, 0.2) is 0 Å². The molecule has 20 heavy (non-hydrogen) atoms. The number of nitrogens with one attached hydrogen (secondary N) is 1. The molecule has 0 aliphatic carbocycles. The monoisotopic (exact) mass is 355 g/mol. The van der Waals surface area contributed by atoms with Crippen molar-refractivity contribution in [1.82, 2.24) is 5.32 Å². The number of amides is 1. The van der Waals surface area contributed by atoms with Gasteiger partial charge in [0, 0.05) is 6.54 Å². The first kappa shape index (κ1) is 15.0. The van der Waals surface area contributed by atoms with Gasteiger partial charge in [-0.3, -0.25) is 4.79 Å². The molecule has 0 bridgehead atoms. The van der Waals surface area contributed by atoms with Gasteiger partial charge in [-0.1, -0.05) is 57.9 Å².